The maximum Gasteiger partial charge on any atom is 0.273 e. The fourth-order valence-corrected chi connectivity index (χ4v) is 3.26. The fraction of sp³-hybridized carbons (Fsp3) is 0.375. The van der Waals surface area contributed by atoms with E-state index in [0.29, 0.717) is 5.69 Å². The second-order valence-corrected chi connectivity index (χ2v) is 6.03. The van der Waals surface area contributed by atoms with Crippen molar-refractivity contribution < 1.29 is 4.79 Å². The summed E-state index contributed by atoms with van der Waals surface area (Å²) in [7, 11) is 1.91. The van der Waals surface area contributed by atoms with Gasteiger partial charge in [-0.05, 0) is 31.4 Å². The van der Waals surface area contributed by atoms with E-state index in [1.165, 1.54) is 0 Å². The summed E-state index contributed by atoms with van der Waals surface area (Å²) in [6, 6.07) is 3.90. The van der Waals surface area contributed by atoms with Crippen molar-refractivity contribution in [3.63, 3.8) is 0 Å². The largest absolute Gasteiger partial charge is 0.327 e. The molecule has 7 heteroatoms. The Morgan fingerprint density at radius 3 is 3.00 bits per heavy atom. The van der Waals surface area contributed by atoms with Gasteiger partial charge in [0.2, 0.25) is 0 Å². The number of pyridine rings is 1. The molecule has 4 heterocycles. The molecule has 0 aromatic carbocycles. The van der Waals surface area contributed by atoms with Crippen molar-refractivity contribution in [1.82, 2.24) is 29.0 Å². The molecule has 23 heavy (non-hydrogen) atoms. The van der Waals surface area contributed by atoms with E-state index >= 15 is 0 Å². The molecule has 3 aromatic rings. The van der Waals surface area contributed by atoms with Crippen molar-refractivity contribution in [2.24, 2.45) is 7.05 Å². The maximum atomic E-state index is 13.1. The van der Waals surface area contributed by atoms with Crippen LogP contribution >= 0.6 is 0 Å². The molecule has 1 unspecified atom stereocenters. The molecule has 0 bridgehead atoms. The molecule has 1 fully saturated rings. The minimum absolute atomic E-state index is 0.00593. The minimum atomic E-state index is -0.0228. The molecular formula is C16H18N6O. The lowest BCUT2D eigenvalue weighted by atomic mass is 10.2. The number of hydrogen-bond acceptors (Lipinski definition) is 4. The lowest BCUT2D eigenvalue weighted by Crippen LogP contribution is -2.32. The molecule has 1 aliphatic rings. The average molecular weight is 310 g/mol. The number of carbonyl (C=O) groups is 1. The Morgan fingerprint density at radius 2 is 2.22 bits per heavy atom. The van der Waals surface area contributed by atoms with Gasteiger partial charge >= 0.3 is 0 Å². The third-order valence-corrected chi connectivity index (χ3v) is 4.43. The Kier molecular flexibility index (Phi) is 3.14. The van der Waals surface area contributed by atoms with Crippen molar-refractivity contribution in [1.29, 1.82) is 0 Å². The molecule has 0 radical (unpaired) electrons. The van der Waals surface area contributed by atoms with Crippen molar-refractivity contribution in [3.8, 4) is 0 Å². The van der Waals surface area contributed by atoms with Crippen LogP contribution in [0.2, 0.25) is 0 Å². The normalized spacial score (nSPS) is 18.0. The lowest BCUT2D eigenvalue weighted by Gasteiger charge is -2.23. The zero-order valence-electron chi connectivity index (χ0n) is 13.2. The quantitative estimate of drug-likeness (QED) is 0.723. The Labute approximate surface area is 133 Å². The van der Waals surface area contributed by atoms with Crippen LogP contribution in [-0.2, 0) is 7.05 Å². The van der Waals surface area contributed by atoms with Gasteiger partial charge in [0.05, 0.1) is 12.2 Å². The summed E-state index contributed by atoms with van der Waals surface area (Å²) in [5.74, 6) is 0.828. The summed E-state index contributed by atoms with van der Waals surface area (Å²) < 4.78 is 3.75. The predicted molar refractivity (Wildman–Crippen MR) is 83.9 cm³/mol. The standard InChI is InChI=1S/C16H18N6O/c1-11-5-6-14-17-8-13(22(14)9-11)16(23)21-7-3-4-12(21)15-19-18-10-20(15)2/h5-6,8-10,12H,3-4,7H2,1-2H3. The van der Waals surface area contributed by atoms with E-state index in [9.17, 15) is 4.79 Å². The molecule has 0 spiro atoms. The van der Waals surface area contributed by atoms with Crippen LogP contribution in [-0.4, -0.2) is 41.5 Å². The number of carbonyl (C=O) groups excluding carboxylic acids is 1. The van der Waals surface area contributed by atoms with Crippen LogP contribution in [0.4, 0.5) is 0 Å². The van der Waals surface area contributed by atoms with E-state index in [1.54, 1.807) is 12.5 Å². The van der Waals surface area contributed by atoms with E-state index < -0.39 is 0 Å². The van der Waals surface area contributed by atoms with Gasteiger partial charge in [-0.15, -0.1) is 10.2 Å². The highest BCUT2D eigenvalue weighted by molar-refractivity contribution is 5.93. The molecular weight excluding hydrogens is 292 g/mol. The van der Waals surface area contributed by atoms with Gasteiger partial charge in [0.15, 0.2) is 5.82 Å². The van der Waals surface area contributed by atoms with Gasteiger partial charge in [-0.1, -0.05) is 6.07 Å². The lowest BCUT2D eigenvalue weighted by molar-refractivity contribution is 0.0721. The summed E-state index contributed by atoms with van der Waals surface area (Å²) in [5, 5.41) is 8.13. The fourth-order valence-electron chi connectivity index (χ4n) is 3.26. The van der Waals surface area contributed by atoms with Crippen LogP contribution < -0.4 is 0 Å². The molecule has 7 nitrogen and oxygen atoms in total. The Balaban J connectivity index is 1.72. The van der Waals surface area contributed by atoms with E-state index in [2.05, 4.69) is 15.2 Å². The highest BCUT2D eigenvalue weighted by Crippen LogP contribution is 2.31. The molecule has 1 aliphatic heterocycles. The summed E-state index contributed by atoms with van der Waals surface area (Å²) in [5.41, 5.74) is 2.47. The Bertz CT molecular complexity index is 880. The first kappa shape index (κ1) is 13.9. The van der Waals surface area contributed by atoms with Crippen LogP contribution in [0.1, 0.15) is 40.8 Å². The highest BCUT2D eigenvalue weighted by atomic mass is 16.2. The van der Waals surface area contributed by atoms with Crippen molar-refractivity contribution in [2.75, 3.05) is 6.54 Å². The van der Waals surface area contributed by atoms with E-state index in [1.807, 2.05) is 46.2 Å². The van der Waals surface area contributed by atoms with Crippen LogP contribution in [0.3, 0.4) is 0 Å². The van der Waals surface area contributed by atoms with Crippen LogP contribution in [0.5, 0.6) is 0 Å². The van der Waals surface area contributed by atoms with Gasteiger partial charge in [-0.2, -0.15) is 0 Å². The van der Waals surface area contributed by atoms with E-state index in [0.717, 1.165) is 36.4 Å². The van der Waals surface area contributed by atoms with Crippen molar-refractivity contribution in [3.05, 3.63) is 47.9 Å². The molecule has 0 aliphatic carbocycles. The van der Waals surface area contributed by atoms with Gasteiger partial charge in [0.25, 0.3) is 5.91 Å². The van der Waals surface area contributed by atoms with Crippen molar-refractivity contribution in [2.45, 2.75) is 25.8 Å². The number of nitrogens with zero attached hydrogens (tertiary/aromatic N) is 6. The third-order valence-electron chi connectivity index (χ3n) is 4.43. The van der Waals surface area contributed by atoms with Crippen LogP contribution in [0, 0.1) is 6.92 Å². The number of fused-ring (bicyclic) bond motifs is 1. The van der Waals surface area contributed by atoms with Gasteiger partial charge in [-0.3, -0.25) is 9.20 Å². The molecule has 118 valence electrons. The van der Waals surface area contributed by atoms with Gasteiger partial charge in [-0.25, -0.2) is 4.98 Å². The van der Waals surface area contributed by atoms with Crippen LogP contribution in [0.25, 0.3) is 5.65 Å². The molecule has 1 amide bonds. The third kappa shape index (κ3) is 2.19. The maximum absolute atomic E-state index is 13.1. The first-order chi connectivity index (χ1) is 11.1. The summed E-state index contributed by atoms with van der Waals surface area (Å²) in [4.78, 5) is 19.3. The monoisotopic (exact) mass is 310 g/mol. The van der Waals surface area contributed by atoms with Gasteiger partial charge in [0.1, 0.15) is 17.7 Å². The smallest absolute Gasteiger partial charge is 0.273 e. The SMILES string of the molecule is Cc1ccc2ncc(C(=O)N3CCCC3c3nncn3C)n2c1. The van der Waals surface area contributed by atoms with Crippen molar-refractivity contribution >= 4 is 11.6 Å². The number of hydrogen-bond donors (Lipinski definition) is 0. The number of aryl methyl sites for hydroxylation is 2. The zero-order valence-corrected chi connectivity index (χ0v) is 13.2. The second kappa shape index (κ2) is 5.19. The summed E-state index contributed by atoms with van der Waals surface area (Å²) in [6.45, 7) is 2.74. The first-order valence-electron chi connectivity index (χ1n) is 7.74. The first-order valence-corrected chi connectivity index (χ1v) is 7.74. The zero-order chi connectivity index (χ0) is 16.0. The molecule has 1 atom stereocenters. The number of likely N-dealkylation sites (tertiary alicyclic amines) is 1. The average Bonchev–Trinajstić information content (AvgIpc) is 3.24. The molecule has 0 saturated carbocycles. The summed E-state index contributed by atoms with van der Waals surface area (Å²) >= 11 is 0. The predicted octanol–water partition coefficient (Wildman–Crippen LogP) is 1.75. The summed E-state index contributed by atoms with van der Waals surface area (Å²) in [6.07, 6.45) is 7.16. The van der Waals surface area contributed by atoms with E-state index in [4.69, 9.17) is 0 Å². The molecule has 0 N–H and O–H groups in total. The van der Waals surface area contributed by atoms with Crippen LogP contribution in [0.15, 0.2) is 30.9 Å². The Morgan fingerprint density at radius 1 is 1.35 bits per heavy atom. The Hall–Kier alpha value is -2.70. The molecule has 4 rings (SSSR count). The number of rotatable bonds is 2. The molecule has 3 aromatic heterocycles. The van der Waals surface area contributed by atoms with E-state index in [-0.39, 0.29) is 11.9 Å². The topological polar surface area (TPSA) is 68.3 Å². The second-order valence-electron chi connectivity index (χ2n) is 6.03. The highest BCUT2D eigenvalue weighted by Gasteiger charge is 2.34. The number of imidazole rings is 1. The number of amides is 1. The minimum Gasteiger partial charge on any atom is -0.327 e. The number of aromatic nitrogens is 5. The van der Waals surface area contributed by atoms with Gasteiger partial charge in [0, 0.05) is 19.8 Å². The molecule has 1 saturated heterocycles. The van der Waals surface area contributed by atoms with Gasteiger partial charge < -0.3 is 9.47 Å².